The summed E-state index contributed by atoms with van der Waals surface area (Å²) in [6.07, 6.45) is 8.89. The second-order valence-corrected chi connectivity index (χ2v) is 13.8. The number of esters is 1. The summed E-state index contributed by atoms with van der Waals surface area (Å²) in [5.41, 5.74) is 0. The van der Waals surface area contributed by atoms with Crippen molar-refractivity contribution in [3.63, 3.8) is 0 Å². The van der Waals surface area contributed by atoms with Gasteiger partial charge in [-0.25, -0.2) is 0 Å². The van der Waals surface area contributed by atoms with Crippen molar-refractivity contribution in [1.29, 1.82) is 0 Å². The Hall–Kier alpha value is -2.76. The van der Waals surface area contributed by atoms with Crippen LogP contribution in [0.2, 0.25) is 5.04 Å². The monoisotopic (exact) mass is 462 g/mol. The molecule has 0 radical (unpaired) electrons. The fraction of sp³-hybridized carbons (Fsp3) is 0.357. The van der Waals surface area contributed by atoms with Crippen molar-refractivity contribution in [1.82, 2.24) is 0 Å². The van der Waals surface area contributed by atoms with E-state index in [0.717, 1.165) is 0 Å². The van der Waals surface area contributed by atoms with E-state index in [9.17, 15) is 9.59 Å². The summed E-state index contributed by atoms with van der Waals surface area (Å²) >= 11 is 0. The van der Waals surface area contributed by atoms with E-state index >= 15 is 0 Å². The van der Waals surface area contributed by atoms with E-state index in [0.29, 0.717) is 19.4 Å². The van der Waals surface area contributed by atoms with Crippen molar-refractivity contribution in [3.8, 4) is 0 Å². The van der Waals surface area contributed by atoms with Crippen molar-refractivity contribution >= 4 is 30.4 Å². The van der Waals surface area contributed by atoms with Crippen LogP contribution in [0.3, 0.4) is 0 Å². The zero-order valence-electron chi connectivity index (χ0n) is 20.0. The molecule has 1 saturated carbocycles. The normalized spacial score (nSPS) is 19.5. The standard InChI is InChI=1S/C28H34O4Si/c1-28(2,3)33(23-15-9-5-10-16-23,24-17-11-6-12-18-24)32-21-13-7-8-14-22-19-20-25(29)26(22)27(30)31-4/h5-18,22,26H,19-21H2,1-4H3/b13-7+,14-8+. The van der Waals surface area contributed by atoms with Crippen LogP contribution < -0.4 is 10.4 Å². The lowest BCUT2D eigenvalue weighted by atomic mass is 9.95. The molecular formula is C28H34O4Si. The highest BCUT2D eigenvalue weighted by atomic mass is 28.4. The van der Waals surface area contributed by atoms with E-state index in [-0.39, 0.29) is 16.7 Å². The molecule has 0 aliphatic heterocycles. The maximum atomic E-state index is 12.0. The molecule has 5 heteroatoms. The number of allylic oxidation sites excluding steroid dienone is 3. The number of Topliss-reactive ketones (excluding diaryl/α,β-unsaturated/α-hetero) is 1. The Morgan fingerprint density at radius 3 is 2.09 bits per heavy atom. The lowest BCUT2D eigenvalue weighted by molar-refractivity contribution is -0.149. The minimum absolute atomic E-state index is 0.0319. The molecule has 0 heterocycles. The number of hydrogen-bond acceptors (Lipinski definition) is 4. The number of methoxy groups -OCH3 is 1. The van der Waals surface area contributed by atoms with Crippen LogP contribution in [0.5, 0.6) is 0 Å². The number of carbonyl (C=O) groups is 2. The summed E-state index contributed by atoms with van der Waals surface area (Å²) in [6, 6.07) is 21.1. The van der Waals surface area contributed by atoms with Crippen LogP contribution in [-0.4, -0.2) is 33.8 Å². The first-order chi connectivity index (χ1) is 15.8. The molecule has 0 spiro atoms. The van der Waals surface area contributed by atoms with E-state index in [1.54, 1.807) is 0 Å². The molecule has 2 aromatic rings. The van der Waals surface area contributed by atoms with E-state index < -0.39 is 20.2 Å². The number of hydrogen-bond donors (Lipinski definition) is 0. The van der Waals surface area contributed by atoms with Gasteiger partial charge in [-0.1, -0.05) is 106 Å². The van der Waals surface area contributed by atoms with Gasteiger partial charge in [0, 0.05) is 6.42 Å². The smallest absolute Gasteiger partial charge is 0.316 e. The fourth-order valence-electron chi connectivity index (χ4n) is 4.79. The lowest BCUT2D eigenvalue weighted by Gasteiger charge is -2.42. The van der Waals surface area contributed by atoms with Crippen LogP contribution >= 0.6 is 0 Å². The first-order valence-electron chi connectivity index (χ1n) is 11.5. The predicted molar refractivity (Wildman–Crippen MR) is 135 cm³/mol. The molecule has 33 heavy (non-hydrogen) atoms. The van der Waals surface area contributed by atoms with Gasteiger partial charge in [-0.3, -0.25) is 9.59 Å². The number of benzene rings is 2. The molecule has 1 aliphatic rings. The highest BCUT2D eigenvalue weighted by molar-refractivity contribution is 6.99. The number of rotatable bonds is 8. The van der Waals surface area contributed by atoms with Gasteiger partial charge >= 0.3 is 5.97 Å². The Morgan fingerprint density at radius 1 is 1.00 bits per heavy atom. The Balaban J connectivity index is 1.78. The highest BCUT2D eigenvalue weighted by Gasteiger charge is 2.49. The maximum Gasteiger partial charge on any atom is 0.316 e. The fourth-order valence-corrected chi connectivity index (χ4v) is 9.29. The van der Waals surface area contributed by atoms with Crippen molar-refractivity contribution in [2.45, 2.75) is 38.7 Å². The van der Waals surface area contributed by atoms with Gasteiger partial charge in [0.25, 0.3) is 8.32 Å². The van der Waals surface area contributed by atoms with E-state index in [1.807, 2.05) is 36.4 Å². The van der Waals surface area contributed by atoms with Gasteiger partial charge in [-0.15, -0.1) is 0 Å². The molecule has 1 aliphatic carbocycles. The molecule has 2 aromatic carbocycles. The third-order valence-corrected chi connectivity index (χ3v) is 11.4. The predicted octanol–water partition coefficient (Wildman–Crippen LogP) is 4.44. The maximum absolute atomic E-state index is 12.0. The first-order valence-corrected chi connectivity index (χ1v) is 13.4. The Kier molecular flexibility index (Phi) is 8.22. The lowest BCUT2D eigenvalue weighted by Crippen LogP contribution is -2.66. The zero-order chi connectivity index (χ0) is 23.9. The topological polar surface area (TPSA) is 52.6 Å². The summed E-state index contributed by atoms with van der Waals surface area (Å²) in [5.74, 6) is -1.25. The van der Waals surface area contributed by atoms with Crippen molar-refractivity contribution in [3.05, 3.63) is 85.0 Å². The van der Waals surface area contributed by atoms with Crippen LogP contribution in [0.15, 0.2) is 85.0 Å². The van der Waals surface area contributed by atoms with Crippen LogP contribution in [0.25, 0.3) is 0 Å². The second kappa shape index (κ2) is 10.9. The van der Waals surface area contributed by atoms with Crippen molar-refractivity contribution in [2.75, 3.05) is 13.7 Å². The highest BCUT2D eigenvalue weighted by Crippen LogP contribution is 2.36. The Labute approximate surface area is 198 Å². The second-order valence-electron chi connectivity index (χ2n) is 9.46. The molecular weight excluding hydrogens is 428 g/mol. The summed E-state index contributed by atoms with van der Waals surface area (Å²) in [6.45, 7) is 7.24. The van der Waals surface area contributed by atoms with Crippen molar-refractivity contribution < 1.29 is 18.8 Å². The Bertz CT molecular complexity index is 950. The van der Waals surface area contributed by atoms with E-state index in [4.69, 9.17) is 9.16 Å². The van der Waals surface area contributed by atoms with Gasteiger partial charge in [0.2, 0.25) is 0 Å². The largest absolute Gasteiger partial charge is 0.468 e. The van der Waals surface area contributed by atoms with Crippen LogP contribution in [0.4, 0.5) is 0 Å². The first kappa shape index (κ1) is 24.9. The van der Waals surface area contributed by atoms with Crippen molar-refractivity contribution in [2.24, 2.45) is 11.8 Å². The summed E-state index contributed by atoms with van der Waals surface area (Å²) in [5, 5.41) is 2.42. The molecule has 0 bridgehead atoms. The average molecular weight is 463 g/mol. The summed E-state index contributed by atoms with van der Waals surface area (Å²) in [7, 11) is -1.23. The molecule has 2 atom stereocenters. The summed E-state index contributed by atoms with van der Waals surface area (Å²) < 4.78 is 11.6. The molecule has 0 amide bonds. The zero-order valence-corrected chi connectivity index (χ0v) is 21.0. The molecule has 174 valence electrons. The summed E-state index contributed by atoms with van der Waals surface area (Å²) in [4.78, 5) is 24.0. The van der Waals surface area contributed by atoms with E-state index in [1.165, 1.54) is 17.5 Å². The van der Waals surface area contributed by atoms with E-state index in [2.05, 4.69) is 69.3 Å². The molecule has 2 unspecified atom stereocenters. The van der Waals surface area contributed by atoms with Crippen LogP contribution in [0.1, 0.15) is 33.6 Å². The molecule has 0 aromatic heterocycles. The molecule has 4 nitrogen and oxygen atoms in total. The SMILES string of the molecule is COC(=O)C1C(=O)CCC1/C=C/C=C/CO[Si](c1ccccc1)(c1ccccc1)C(C)(C)C. The van der Waals surface area contributed by atoms with Gasteiger partial charge in [-0.2, -0.15) is 0 Å². The number of ether oxygens (including phenoxy) is 1. The minimum Gasteiger partial charge on any atom is -0.468 e. The van der Waals surface area contributed by atoms with Gasteiger partial charge in [-0.05, 0) is 27.8 Å². The number of carbonyl (C=O) groups excluding carboxylic acids is 2. The Morgan fingerprint density at radius 2 is 1.58 bits per heavy atom. The quantitative estimate of drug-likeness (QED) is 0.252. The van der Waals surface area contributed by atoms with Gasteiger partial charge in [0.1, 0.15) is 11.7 Å². The third-order valence-electron chi connectivity index (χ3n) is 6.37. The van der Waals surface area contributed by atoms with Gasteiger partial charge in [0.05, 0.1) is 13.7 Å². The molecule has 3 rings (SSSR count). The van der Waals surface area contributed by atoms with Crippen LogP contribution in [0, 0.1) is 11.8 Å². The molecule has 0 saturated heterocycles. The third kappa shape index (κ3) is 5.42. The molecule has 0 N–H and O–H groups in total. The average Bonchev–Trinajstić information content (AvgIpc) is 3.18. The van der Waals surface area contributed by atoms with Crippen LogP contribution in [-0.2, 0) is 18.8 Å². The molecule has 1 fully saturated rings. The van der Waals surface area contributed by atoms with Gasteiger partial charge < -0.3 is 9.16 Å². The van der Waals surface area contributed by atoms with Gasteiger partial charge in [0.15, 0.2) is 0 Å². The number of ketones is 1. The minimum atomic E-state index is -2.56.